The highest BCUT2D eigenvalue weighted by Crippen LogP contribution is 2.09. The zero-order valence-corrected chi connectivity index (χ0v) is 8.49. The van der Waals surface area contributed by atoms with Gasteiger partial charge >= 0.3 is 0 Å². The number of aromatic nitrogens is 1. The lowest BCUT2D eigenvalue weighted by Gasteiger charge is -2.02. The molecule has 1 amide bonds. The predicted octanol–water partition coefficient (Wildman–Crippen LogP) is 0.0129. The third kappa shape index (κ3) is 1.85. The molecule has 0 bridgehead atoms. The molecule has 0 radical (unpaired) electrons. The van der Waals surface area contributed by atoms with E-state index in [0.717, 1.165) is 5.01 Å². The summed E-state index contributed by atoms with van der Waals surface area (Å²) >= 11 is 4.82. The maximum absolute atomic E-state index is 11.5. The van der Waals surface area contributed by atoms with E-state index >= 15 is 0 Å². The average molecular weight is 220 g/mol. The number of hydrogen-bond acceptors (Lipinski definition) is 4. The summed E-state index contributed by atoms with van der Waals surface area (Å²) in [6, 6.07) is 5.41. The molecule has 1 aliphatic rings. The molecular weight excluding hydrogens is 212 g/mol. The number of carbonyl (C=O) groups excluding carboxylic acids is 1. The van der Waals surface area contributed by atoms with E-state index in [-0.39, 0.29) is 11.0 Å². The second kappa shape index (κ2) is 3.76. The minimum atomic E-state index is -0.356. The van der Waals surface area contributed by atoms with Crippen LogP contribution < -0.4 is 11.2 Å². The number of thiocarbonyl (C=S) groups is 1. The maximum atomic E-state index is 11.5. The molecule has 76 valence electrons. The molecule has 1 aliphatic heterocycles. The van der Waals surface area contributed by atoms with Gasteiger partial charge in [-0.05, 0) is 30.4 Å². The number of hydrogen-bond donors (Lipinski definition) is 2. The van der Waals surface area contributed by atoms with Gasteiger partial charge in [0.05, 0.1) is 5.69 Å². The summed E-state index contributed by atoms with van der Waals surface area (Å²) < 4.78 is 0. The molecule has 6 heteroatoms. The average Bonchev–Trinajstić information content (AvgIpc) is 2.48. The third-order valence-corrected chi connectivity index (χ3v) is 2.19. The number of nitrogens with one attached hydrogen (secondary N) is 1. The number of nitrogens with zero attached hydrogens (tertiary/aromatic N) is 2. The Hall–Kier alpha value is -1.79. The molecule has 1 aromatic rings. The van der Waals surface area contributed by atoms with Gasteiger partial charge in [0.2, 0.25) is 0 Å². The Labute approximate surface area is 91.6 Å². The van der Waals surface area contributed by atoms with Crippen LogP contribution >= 0.6 is 12.2 Å². The Morgan fingerprint density at radius 3 is 2.87 bits per heavy atom. The molecule has 0 spiro atoms. The van der Waals surface area contributed by atoms with Crippen LogP contribution in [0.2, 0.25) is 0 Å². The van der Waals surface area contributed by atoms with Crippen LogP contribution in [0.4, 0.5) is 0 Å². The number of pyridine rings is 1. The minimum absolute atomic E-state index is 0.196. The highest BCUT2D eigenvalue weighted by Gasteiger charge is 2.27. The third-order valence-electron chi connectivity index (χ3n) is 1.89. The molecule has 1 aromatic heterocycles. The first-order valence-corrected chi connectivity index (χ1v) is 4.62. The second-order valence-electron chi connectivity index (χ2n) is 2.92. The molecule has 0 atom stereocenters. The lowest BCUT2D eigenvalue weighted by Crippen LogP contribution is -2.36. The second-order valence-corrected chi connectivity index (χ2v) is 3.30. The van der Waals surface area contributed by atoms with Crippen molar-refractivity contribution in [2.75, 3.05) is 0 Å². The lowest BCUT2D eigenvalue weighted by atomic mass is 10.3. The predicted molar refractivity (Wildman–Crippen MR) is 59.0 cm³/mol. The first-order valence-electron chi connectivity index (χ1n) is 4.21. The fourth-order valence-electron chi connectivity index (χ4n) is 1.16. The van der Waals surface area contributed by atoms with Crippen LogP contribution in [0, 0.1) is 0 Å². The number of hydrazine groups is 1. The van der Waals surface area contributed by atoms with E-state index in [0.29, 0.717) is 11.4 Å². The highest BCUT2D eigenvalue weighted by atomic mass is 32.1. The van der Waals surface area contributed by atoms with Crippen molar-refractivity contribution in [2.45, 2.75) is 0 Å². The van der Waals surface area contributed by atoms with Crippen LogP contribution in [0.25, 0.3) is 6.08 Å². The molecule has 15 heavy (non-hydrogen) atoms. The first-order chi connectivity index (χ1) is 7.18. The molecule has 2 rings (SSSR count). The van der Waals surface area contributed by atoms with Crippen LogP contribution in [0.5, 0.6) is 0 Å². The summed E-state index contributed by atoms with van der Waals surface area (Å²) in [5.41, 5.74) is 1.01. The molecule has 3 N–H and O–H groups in total. The van der Waals surface area contributed by atoms with Crippen molar-refractivity contribution in [2.24, 2.45) is 5.84 Å². The summed E-state index contributed by atoms with van der Waals surface area (Å²) in [6.45, 7) is 0. The van der Waals surface area contributed by atoms with Crippen LogP contribution in [-0.4, -0.2) is 21.0 Å². The van der Waals surface area contributed by atoms with E-state index in [1.165, 1.54) is 0 Å². The van der Waals surface area contributed by atoms with E-state index in [2.05, 4.69) is 10.3 Å². The van der Waals surface area contributed by atoms with E-state index in [9.17, 15) is 4.79 Å². The molecule has 0 aliphatic carbocycles. The fourth-order valence-corrected chi connectivity index (χ4v) is 1.35. The van der Waals surface area contributed by atoms with Gasteiger partial charge in [0.1, 0.15) is 5.70 Å². The SMILES string of the molecule is NN1C(=O)/C(=C\c2ccccn2)NC1=S. The smallest absolute Gasteiger partial charge is 0.290 e. The van der Waals surface area contributed by atoms with Crippen LogP contribution in [0.1, 0.15) is 5.69 Å². The minimum Gasteiger partial charge on any atom is -0.326 e. The summed E-state index contributed by atoms with van der Waals surface area (Å²) in [6.07, 6.45) is 3.24. The van der Waals surface area contributed by atoms with Crippen molar-refractivity contribution in [3.63, 3.8) is 0 Å². The maximum Gasteiger partial charge on any atom is 0.290 e. The van der Waals surface area contributed by atoms with Crippen molar-refractivity contribution < 1.29 is 4.79 Å². The van der Waals surface area contributed by atoms with Gasteiger partial charge in [0.25, 0.3) is 5.91 Å². The molecule has 0 aromatic carbocycles. The van der Waals surface area contributed by atoms with E-state index in [4.69, 9.17) is 18.1 Å². The normalized spacial score (nSPS) is 18.5. The van der Waals surface area contributed by atoms with Gasteiger partial charge in [-0.15, -0.1) is 0 Å². The summed E-state index contributed by atoms with van der Waals surface area (Å²) in [5.74, 6) is 5.03. The summed E-state index contributed by atoms with van der Waals surface area (Å²) in [5, 5.41) is 3.80. The highest BCUT2D eigenvalue weighted by molar-refractivity contribution is 7.80. The Balaban J connectivity index is 2.30. The molecular formula is C9H8N4OS. The Morgan fingerprint density at radius 2 is 2.33 bits per heavy atom. The molecule has 2 heterocycles. The first kappa shape index (κ1) is 9.75. The summed E-state index contributed by atoms with van der Waals surface area (Å²) in [7, 11) is 0. The van der Waals surface area contributed by atoms with Gasteiger partial charge in [-0.25, -0.2) is 10.9 Å². The topological polar surface area (TPSA) is 71.2 Å². The van der Waals surface area contributed by atoms with Crippen LogP contribution in [0.3, 0.4) is 0 Å². The molecule has 0 unspecified atom stereocenters. The number of amides is 1. The zero-order valence-electron chi connectivity index (χ0n) is 7.68. The van der Waals surface area contributed by atoms with E-state index < -0.39 is 0 Å². The van der Waals surface area contributed by atoms with Crippen LogP contribution in [-0.2, 0) is 4.79 Å². The Bertz CT molecular complexity index is 443. The fraction of sp³-hybridized carbons (Fsp3) is 0. The van der Waals surface area contributed by atoms with Gasteiger partial charge in [-0.3, -0.25) is 9.78 Å². The Kier molecular flexibility index (Phi) is 2.44. The van der Waals surface area contributed by atoms with Crippen molar-refractivity contribution in [3.05, 3.63) is 35.8 Å². The van der Waals surface area contributed by atoms with E-state index in [1.54, 1.807) is 24.4 Å². The molecule has 5 nitrogen and oxygen atoms in total. The number of nitrogens with two attached hydrogens (primary N) is 1. The van der Waals surface area contributed by atoms with E-state index in [1.807, 2.05) is 6.07 Å². The van der Waals surface area contributed by atoms with Gasteiger partial charge in [-0.2, -0.15) is 0 Å². The summed E-state index contributed by atoms with van der Waals surface area (Å²) in [4.78, 5) is 15.5. The Morgan fingerprint density at radius 1 is 1.53 bits per heavy atom. The number of carbonyl (C=O) groups is 1. The largest absolute Gasteiger partial charge is 0.326 e. The van der Waals surface area contributed by atoms with Gasteiger partial charge in [0, 0.05) is 6.20 Å². The van der Waals surface area contributed by atoms with Crippen LogP contribution in [0.15, 0.2) is 30.1 Å². The van der Waals surface area contributed by atoms with Crippen molar-refractivity contribution >= 4 is 29.3 Å². The van der Waals surface area contributed by atoms with Crippen molar-refractivity contribution in [3.8, 4) is 0 Å². The zero-order chi connectivity index (χ0) is 10.8. The van der Waals surface area contributed by atoms with Gasteiger partial charge in [0.15, 0.2) is 5.11 Å². The number of rotatable bonds is 1. The quantitative estimate of drug-likeness (QED) is 0.302. The molecule has 1 fully saturated rings. The van der Waals surface area contributed by atoms with Crippen molar-refractivity contribution in [1.82, 2.24) is 15.3 Å². The molecule has 1 saturated heterocycles. The van der Waals surface area contributed by atoms with Gasteiger partial charge < -0.3 is 5.32 Å². The standard InChI is InChI=1S/C9H8N4OS/c10-13-8(14)7(12-9(13)15)5-6-3-1-2-4-11-6/h1-5H,10H2,(H,12,15)/b7-5+. The van der Waals surface area contributed by atoms with Gasteiger partial charge in [-0.1, -0.05) is 6.07 Å². The van der Waals surface area contributed by atoms with Crippen molar-refractivity contribution in [1.29, 1.82) is 0 Å². The monoisotopic (exact) mass is 220 g/mol. The lowest BCUT2D eigenvalue weighted by molar-refractivity contribution is -0.122. The molecule has 0 saturated carbocycles.